The lowest BCUT2D eigenvalue weighted by atomic mass is 9.72. The molecule has 0 aliphatic carbocycles. The van der Waals surface area contributed by atoms with Gasteiger partial charge in [0.15, 0.2) is 5.82 Å². The zero-order valence-electron chi connectivity index (χ0n) is 16.2. The standard InChI is InChI=1S/C18H21F3N4O4S/c1-28-13-2-4-14(5-3-13)30(26,27)25-8-6-17(7-9-25)11-24(12-17)16-22-15(23-29-16)10-18(19,20)21/h2-5H,6-12H2,1H3. The van der Waals surface area contributed by atoms with Gasteiger partial charge in [0, 0.05) is 31.6 Å². The number of piperidine rings is 1. The van der Waals surface area contributed by atoms with Crippen LogP contribution < -0.4 is 9.64 Å². The molecule has 0 N–H and O–H groups in total. The largest absolute Gasteiger partial charge is 0.497 e. The van der Waals surface area contributed by atoms with E-state index in [2.05, 4.69) is 10.1 Å². The predicted octanol–water partition coefficient (Wildman–Crippen LogP) is 2.47. The van der Waals surface area contributed by atoms with Gasteiger partial charge in [0.05, 0.1) is 12.0 Å². The Bertz CT molecular complexity index is 991. The molecule has 0 unspecified atom stereocenters. The molecule has 0 radical (unpaired) electrons. The SMILES string of the molecule is COc1ccc(S(=O)(=O)N2CCC3(CC2)CN(c2nc(CC(F)(F)F)no2)C3)cc1. The Labute approximate surface area is 171 Å². The van der Waals surface area contributed by atoms with Crippen molar-refractivity contribution in [1.29, 1.82) is 0 Å². The van der Waals surface area contributed by atoms with E-state index in [4.69, 9.17) is 9.26 Å². The van der Waals surface area contributed by atoms with Crippen molar-refractivity contribution >= 4 is 16.0 Å². The van der Waals surface area contributed by atoms with Gasteiger partial charge in [-0.3, -0.25) is 0 Å². The first-order chi connectivity index (χ1) is 14.1. The maximum atomic E-state index is 12.9. The highest BCUT2D eigenvalue weighted by atomic mass is 32.2. The molecule has 0 saturated carbocycles. The number of ether oxygens (including phenoxy) is 1. The van der Waals surface area contributed by atoms with Crippen LogP contribution in [0.1, 0.15) is 18.7 Å². The fourth-order valence-corrected chi connectivity index (χ4v) is 5.38. The van der Waals surface area contributed by atoms with Crippen LogP contribution in [0, 0.1) is 5.41 Å². The summed E-state index contributed by atoms with van der Waals surface area (Å²) in [6, 6.07) is 6.35. The third kappa shape index (κ3) is 4.10. The van der Waals surface area contributed by atoms with E-state index in [9.17, 15) is 21.6 Å². The van der Waals surface area contributed by atoms with E-state index in [1.165, 1.54) is 23.5 Å². The second kappa shape index (κ2) is 7.41. The Hall–Kier alpha value is -2.34. The molecule has 3 heterocycles. The minimum Gasteiger partial charge on any atom is -0.497 e. The summed E-state index contributed by atoms with van der Waals surface area (Å²) >= 11 is 0. The van der Waals surface area contributed by atoms with Crippen molar-refractivity contribution in [3.05, 3.63) is 30.1 Å². The number of methoxy groups -OCH3 is 1. The minimum atomic E-state index is -4.39. The first-order valence-corrected chi connectivity index (χ1v) is 10.8. The second-order valence-corrected chi connectivity index (χ2v) is 9.66. The molecule has 2 saturated heterocycles. The Morgan fingerprint density at radius 2 is 1.80 bits per heavy atom. The number of aromatic nitrogens is 2. The van der Waals surface area contributed by atoms with E-state index >= 15 is 0 Å². The molecule has 2 aromatic rings. The number of nitrogens with zero attached hydrogens (tertiary/aromatic N) is 4. The summed E-state index contributed by atoms with van der Waals surface area (Å²) in [7, 11) is -2.07. The predicted molar refractivity (Wildman–Crippen MR) is 99.7 cm³/mol. The monoisotopic (exact) mass is 446 g/mol. The lowest BCUT2D eigenvalue weighted by Gasteiger charge is -2.52. The van der Waals surface area contributed by atoms with Crippen LogP contribution in [0.4, 0.5) is 19.2 Å². The fraction of sp³-hybridized carbons (Fsp3) is 0.556. The van der Waals surface area contributed by atoms with Crippen LogP contribution in [0.2, 0.25) is 0 Å². The number of halogens is 3. The maximum absolute atomic E-state index is 12.9. The Balaban J connectivity index is 1.34. The highest BCUT2D eigenvalue weighted by Gasteiger charge is 2.48. The molecule has 0 amide bonds. The molecular formula is C18H21F3N4O4S. The molecule has 2 fully saturated rings. The molecule has 1 spiro atoms. The van der Waals surface area contributed by atoms with Gasteiger partial charge in [0.2, 0.25) is 10.0 Å². The molecule has 1 aromatic carbocycles. The van der Waals surface area contributed by atoms with Crippen molar-refractivity contribution in [3.63, 3.8) is 0 Å². The van der Waals surface area contributed by atoms with Gasteiger partial charge in [-0.2, -0.15) is 22.5 Å². The van der Waals surface area contributed by atoms with E-state index < -0.39 is 22.6 Å². The number of anilines is 1. The molecule has 8 nitrogen and oxygen atoms in total. The molecule has 164 valence electrons. The minimum absolute atomic E-state index is 0.0770. The average Bonchev–Trinajstić information content (AvgIpc) is 3.12. The van der Waals surface area contributed by atoms with Crippen LogP contribution in [-0.2, 0) is 16.4 Å². The Morgan fingerprint density at radius 3 is 2.37 bits per heavy atom. The summed E-state index contributed by atoms with van der Waals surface area (Å²) in [4.78, 5) is 5.77. The molecule has 2 aliphatic heterocycles. The van der Waals surface area contributed by atoms with E-state index in [0.29, 0.717) is 44.8 Å². The molecule has 0 atom stereocenters. The Morgan fingerprint density at radius 1 is 1.17 bits per heavy atom. The number of rotatable bonds is 5. The smallest absolute Gasteiger partial charge is 0.396 e. The van der Waals surface area contributed by atoms with Crippen molar-refractivity contribution in [2.75, 3.05) is 38.2 Å². The van der Waals surface area contributed by atoms with E-state index in [1.807, 2.05) is 0 Å². The van der Waals surface area contributed by atoms with E-state index in [1.54, 1.807) is 17.0 Å². The highest BCUT2D eigenvalue weighted by Crippen LogP contribution is 2.43. The molecular weight excluding hydrogens is 425 g/mol. The first kappa shape index (κ1) is 20.9. The second-order valence-electron chi connectivity index (χ2n) is 7.72. The van der Waals surface area contributed by atoms with Crippen LogP contribution >= 0.6 is 0 Å². The van der Waals surface area contributed by atoms with Crippen molar-refractivity contribution in [2.24, 2.45) is 5.41 Å². The molecule has 12 heteroatoms. The quantitative estimate of drug-likeness (QED) is 0.697. The number of hydrogen-bond donors (Lipinski definition) is 0. The number of alkyl halides is 3. The Kier molecular flexibility index (Phi) is 5.17. The summed E-state index contributed by atoms with van der Waals surface area (Å²) < 4.78 is 74.5. The summed E-state index contributed by atoms with van der Waals surface area (Å²) in [5.41, 5.74) is -0.0927. The molecule has 1 aromatic heterocycles. The summed E-state index contributed by atoms with van der Waals surface area (Å²) in [6.07, 6.45) is -4.31. The van der Waals surface area contributed by atoms with Gasteiger partial charge in [0.25, 0.3) is 0 Å². The fourth-order valence-electron chi connectivity index (χ4n) is 3.94. The number of sulfonamides is 1. The summed E-state index contributed by atoms with van der Waals surface area (Å²) in [5, 5.41) is 3.38. The van der Waals surface area contributed by atoms with Gasteiger partial charge < -0.3 is 14.2 Å². The normalized spacial score (nSPS) is 19.7. The lowest BCUT2D eigenvalue weighted by Crippen LogP contribution is -2.61. The summed E-state index contributed by atoms with van der Waals surface area (Å²) in [5.74, 6) is 0.194. The van der Waals surface area contributed by atoms with Crippen LogP contribution in [-0.4, -0.2) is 62.3 Å². The molecule has 0 bridgehead atoms. The van der Waals surface area contributed by atoms with Gasteiger partial charge in [-0.05, 0) is 37.1 Å². The highest BCUT2D eigenvalue weighted by molar-refractivity contribution is 7.89. The number of hydrogen-bond acceptors (Lipinski definition) is 7. The molecule has 2 aliphatic rings. The van der Waals surface area contributed by atoms with Gasteiger partial charge >= 0.3 is 12.2 Å². The zero-order chi connectivity index (χ0) is 21.6. The molecule has 30 heavy (non-hydrogen) atoms. The van der Waals surface area contributed by atoms with Crippen molar-refractivity contribution < 1.29 is 30.8 Å². The third-order valence-electron chi connectivity index (χ3n) is 5.62. The average molecular weight is 446 g/mol. The van der Waals surface area contributed by atoms with Crippen LogP contribution in [0.15, 0.2) is 33.7 Å². The third-order valence-corrected chi connectivity index (χ3v) is 7.53. The van der Waals surface area contributed by atoms with Crippen molar-refractivity contribution in [3.8, 4) is 5.75 Å². The van der Waals surface area contributed by atoms with Gasteiger partial charge in [-0.15, -0.1) is 0 Å². The molecule has 4 rings (SSSR count). The van der Waals surface area contributed by atoms with E-state index in [0.717, 1.165) is 0 Å². The maximum Gasteiger partial charge on any atom is 0.396 e. The first-order valence-electron chi connectivity index (χ1n) is 9.39. The van der Waals surface area contributed by atoms with Crippen LogP contribution in [0.5, 0.6) is 5.75 Å². The van der Waals surface area contributed by atoms with Crippen LogP contribution in [0.25, 0.3) is 0 Å². The van der Waals surface area contributed by atoms with Crippen molar-refractivity contribution in [2.45, 2.75) is 30.3 Å². The van der Waals surface area contributed by atoms with Gasteiger partial charge in [-0.1, -0.05) is 5.16 Å². The van der Waals surface area contributed by atoms with E-state index in [-0.39, 0.29) is 22.1 Å². The summed E-state index contributed by atoms with van der Waals surface area (Å²) in [6.45, 7) is 1.87. The number of benzene rings is 1. The van der Waals surface area contributed by atoms with Crippen molar-refractivity contribution in [1.82, 2.24) is 14.4 Å². The topological polar surface area (TPSA) is 88.8 Å². The van der Waals surface area contributed by atoms with Gasteiger partial charge in [-0.25, -0.2) is 8.42 Å². The zero-order valence-corrected chi connectivity index (χ0v) is 17.0. The van der Waals surface area contributed by atoms with Crippen LogP contribution in [0.3, 0.4) is 0 Å². The lowest BCUT2D eigenvalue weighted by molar-refractivity contribution is -0.128. The van der Waals surface area contributed by atoms with Gasteiger partial charge in [0.1, 0.15) is 12.2 Å².